The van der Waals surface area contributed by atoms with Crippen LogP contribution in [0.4, 0.5) is 0 Å². The van der Waals surface area contributed by atoms with E-state index in [4.69, 9.17) is 26.9 Å². The summed E-state index contributed by atoms with van der Waals surface area (Å²) in [6.45, 7) is 0. The molecule has 0 radical (unpaired) electrons. The van der Waals surface area contributed by atoms with E-state index in [0.29, 0.717) is 0 Å². The molecule has 0 aliphatic rings. The Balaban J connectivity index is 3.03. The number of aliphatic hydroxyl groups excluding tert-OH is 1. The third kappa shape index (κ3) is 2.11. The fraction of sp³-hybridized carbons (Fsp3) is 0.125. The van der Waals surface area contributed by atoms with Crippen molar-refractivity contribution in [3.05, 3.63) is 28.8 Å². The largest absolute Gasteiger partial charge is 0.506 e. The highest BCUT2D eigenvalue weighted by Gasteiger charge is 2.16. The van der Waals surface area contributed by atoms with E-state index >= 15 is 0 Å². The lowest BCUT2D eigenvalue weighted by Crippen LogP contribution is -2.10. The highest BCUT2D eigenvalue weighted by atomic mass is 35.5. The standard InChI is InChI=1S/C8H7ClO4/c9-5-3-4(1-2-6(5)10)7(11)8(12)13/h1-3,7,10-11H,(H,12,13)/t7-/m0/s1. The summed E-state index contributed by atoms with van der Waals surface area (Å²) in [6, 6.07) is 3.72. The molecule has 0 heterocycles. The van der Waals surface area contributed by atoms with Gasteiger partial charge in [0.05, 0.1) is 5.02 Å². The number of phenols is 1. The van der Waals surface area contributed by atoms with Crippen molar-refractivity contribution in [1.29, 1.82) is 0 Å². The van der Waals surface area contributed by atoms with Gasteiger partial charge in [-0.05, 0) is 17.7 Å². The molecule has 1 rings (SSSR count). The Kier molecular flexibility index (Phi) is 2.75. The van der Waals surface area contributed by atoms with Crippen molar-refractivity contribution in [1.82, 2.24) is 0 Å². The number of aromatic hydroxyl groups is 1. The van der Waals surface area contributed by atoms with Crippen molar-refractivity contribution in [3.63, 3.8) is 0 Å². The Morgan fingerprint density at radius 3 is 2.54 bits per heavy atom. The van der Waals surface area contributed by atoms with E-state index in [1.807, 2.05) is 0 Å². The first-order chi connectivity index (χ1) is 6.02. The van der Waals surface area contributed by atoms with Crippen LogP contribution >= 0.6 is 11.6 Å². The van der Waals surface area contributed by atoms with Crippen LogP contribution in [0.2, 0.25) is 5.02 Å². The predicted octanol–water partition coefficient (Wildman–Crippen LogP) is 1.16. The summed E-state index contributed by atoms with van der Waals surface area (Å²) in [6.07, 6.45) is -1.61. The monoisotopic (exact) mass is 202 g/mol. The average molecular weight is 203 g/mol. The quantitative estimate of drug-likeness (QED) is 0.673. The van der Waals surface area contributed by atoms with Gasteiger partial charge in [-0.15, -0.1) is 0 Å². The molecule has 1 atom stereocenters. The second-order valence-electron chi connectivity index (χ2n) is 2.45. The van der Waals surface area contributed by atoms with Crippen molar-refractivity contribution < 1.29 is 20.1 Å². The molecule has 0 aliphatic heterocycles. The van der Waals surface area contributed by atoms with Crippen LogP contribution in [-0.2, 0) is 4.79 Å². The van der Waals surface area contributed by atoms with E-state index in [9.17, 15) is 4.79 Å². The Morgan fingerprint density at radius 2 is 2.08 bits per heavy atom. The van der Waals surface area contributed by atoms with Gasteiger partial charge in [-0.25, -0.2) is 4.79 Å². The molecule has 0 aromatic heterocycles. The van der Waals surface area contributed by atoms with E-state index in [0.717, 1.165) is 0 Å². The maximum Gasteiger partial charge on any atom is 0.337 e. The third-order valence-electron chi connectivity index (χ3n) is 1.52. The summed E-state index contributed by atoms with van der Waals surface area (Å²) in [4.78, 5) is 10.3. The number of phenolic OH excluding ortho intramolecular Hbond substituents is 1. The summed E-state index contributed by atoms with van der Waals surface area (Å²) in [7, 11) is 0. The number of rotatable bonds is 2. The minimum absolute atomic E-state index is 0.0119. The molecule has 0 aliphatic carbocycles. The van der Waals surface area contributed by atoms with Crippen LogP contribution in [0.25, 0.3) is 0 Å². The molecule has 1 aromatic carbocycles. The van der Waals surface area contributed by atoms with Crippen LogP contribution in [0.5, 0.6) is 5.75 Å². The van der Waals surface area contributed by atoms with Gasteiger partial charge in [0.2, 0.25) is 0 Å². The number of carboxylic acid groups (broad SMARTS) is 1. The van der Waals surface area contributed by atoms with Gasteiger partial charge in [0, 0.05) is 0 Å². The molecular formula is C8H7ClO4. The van der Waals surface area contributed by atoms with Crippen molar-refractivity contribution >= 4 is 17.6 Å². The maximum absolute atomic E-state index is 10.3. The summed E-state index contributed by atoms with van der Waals surface area (Å²) in [5.74, 6) is -1.51. The maximum atomic E-state index is 10.3. The second-order valence-corrected chi connectivity index (χ2v) is 2.86. The second kappa shape index (κ2) is 3.64. The van der Waals surface area contributed by atoms with E-state index in [1.165, 1.54) is 18.2 Å². The Bertz CT molecular complexity index is 337. The van der Waals surface area contributed by atoms with Crippen LogP contribution < -0.4 is 0 Å². The van der Waals surface area contributed by atoms with Crippen molar-refractivity contribution in [2.75, 3.05) is 0 Å². The molecular weight excluding hydrogens is 196 g/mol. The Morgan fingerprint density at radius 1 is 1.46 bits per heavy atom. The van der Waals surface area contributed by atoms with Gasteiger partial charge < -0.3 is 15.3 Å². The number of hydrogen-bond acceptors (Lipinski definition) is 3. The van der Waals surface area contributed by atoms with Crippen LogP contribution in [0.3, 0.4) is 0 Å². The first-order valence-corrected chi connectivity index (χ1v) is 3.79. The van der Waals surface area contributed by atoms with Crippen molar-refractivity contribution in [2.24, 2.45) is 0 Å². The number of benzene rings is 1. The Labute approximate surface area is 79.0 Å². The molecule has 4 nitrogen and oxygen atoms in total. The topological polar surface area (TPSA) is 77.8 Å². The van der Waals surface area contributed by atoms with Gasteiger partial charge in [0.15, 0.2) is 6.10 Å². The van der Waals surface area contributed by atoms with Gasteiger partial charge in [0.25, 0.3) is 0 Å². The van der Waals surface area contributed by atoms with E-state index < -0.39 is 12.1 Å². The SMILES string of the molecule is O=C(O)[C@@H](O)c1ccc(O)c(Cl)c1. The first-order valence-electron chi connectivity index (χ1n) is 3.41. The molecule has 3 N–H and O–H groups in total. The number of carbonyl (C=O) groups is 1. The minimum Gasteiger partial charge on any atom is -0.506 e. The highest BCUT2D eigenvalue weighted by molar-refractivity contribution is 6.32. The third-order valence-corrected chi connectivity index (χ3v) is 1.82. The summed E-state index contributed by atoms with van der Waals surface area (Å²) in [5.41, 5.74) is 0.135. The van der Waals surface area contributed by atoms with Gasteiger partial charge in [0.1, 0.15) is 5.75 Å². The lowest BCUT2D eigenvalue weighted by atomic mass is 10.1. The van der Waals surface area contributed by atoms with Crippen LogP contribution in [0, 0.1) is 0 Å². The molecule has 0 amide bonds. The predicted molar refractivity (Wildman–Crippen MR) is 45.7 cm³/mol. The fourth-order valence-electron chi connectivity index (χ4n) is 0.836. The lowest BCUT2D eigenvalue weighted by Gasteiger charge is -2.06. The zero-order chi connectivity index (χ0) is 10.0. The molecule has 70 valence electrons. The van der Waals surface area contributed by atoms with E-state index in [1.54, 1.807) is 0 Å². The first kappa shape index (κ1) is 9.83. The van der Waals surface area contributed by atoms with Crippen LogP contribution in [-0.4, -0.2) is 21.3 Å². The minimum atomic E-state index is -1.61. The van der Waals surface area contributed by atoms with Crippen molar-refractivity contribution in [3.8, 4) is 5.75 Å². The summed E-state index contributed by atoms with van der Waals surface area (Å²) in [5, 5.41) is 26.5. The van der Waals surface area contributed by atoms with E-state index in [-0.39, 0.29) is 16.3 Å². The molecule has 0 unspecified atom stereocenters. The smallest absolute Gasteiger partial charge is 0.337 e. The van der Waals surface area contributed by atoms with Gasteiger partial charge in [-0.1, -0.05) is 17.7 Å². The molecule has 1 aromatic rings. The van der Waals surface area contributed by atoms with Crippen LogP contribution in [0.1, 0.15) is 11.7 Å². The fourth-order valence-corrected chi connectivity index (χ4v) is 1.02. The lowest BCUT2D eigenvalue weighted by molar-refractivity contribution is -0.146. The molecule has 0 bridgehead atoms. The van der Waals surface area contributed by atoms with Crippen LogP contribution in [0.15, 0.2) is 18.2 Å². The molecule has 0 saturated carbocycles. The van der Waals surface area contributed by atoms with Gasteiger partial charge >= 0.3 is 5.97 Å². The number of aliphatic hydroxyl groups is 1. The Hall–Kier alpha value is -1.26. The van der Waals surface area contributed by atoms with Gasteiger partial charge in [-0.2, -0.15) is 0 Å². The normalized spacial score (nSPS) is 12.5. The molecule has 0 saturated heterocycles. The zero-order valence-corrected chi connectivity index (χ0v) is 7.19. The molecule has 5 heteroatoms. The van der Waals surface area contributed by atoms with Gasteiger partial charge in [-0.3, -0.25) is 0 Å². The highest BCUT2D eigenvalue weighted by Crippen LogP contribution is 2.26. The summed E-state index contributed by atoms with van der Waals surface area (Å²) >= 11 is 5.51. The van der Waals surface area contributed by atoms with E-state index in [2.05, 4.69) is 0 Å². The summed E-state index contributed by atoms with van der Waals surface area (Å²) < 4.78 is 0. The molecule has 13 heavy (non-hydrogen) atoms. The number of halogens is 1. The van der Waals surface area contributed by atoms with Crippen molar-refractivity contribution in [2.45, 2.75) is 6.10 Å². The number of hydrogen-bond donors (Lipinski definition) is 3. The number of carboxylic acids is 1. The average Bonchev–Trinajstić information content (AvgIpc) is 2.08. The number of aliphatic carboxylic acids is 1. The molecule has 0 spiro atoms. The molecule has 0 fully saturated rings. The zero-order valence-electron chi connectivity index (χ0n) is 6.44.